The lowest BCUT2D eigenvalue weighted by Gasteiger charge is -2.06. The molecule has 0 aliphatic rings. The Kier molecular flexibility index (Phi) is 2.97. The van der Waals surface area contributed by atoms with Gasteiger partial charge < -0.3 is 0 Å². The minimum absolute atomic E-state index is 0.158. The van der Waals surface area contributed by atoms with Gasteiger partial charge in [0.2, 0.25) is 0 Å². The number of nitrogens with zero attached hydrogens (tertiary/aromatic N) is 4. The molecule has 2 aromatic rings. The highest BCUT2D eigenvalue weighted by Crippen LogP contribution is 2.17. The average molecular weight is 225 g/mol. The zero-order valence-electron chi connectivity index (χ0n) is 9.16. The fourth-order valence-electron chi connectivity index (χ4n) is 1.53. The Bertz CT molecular complexity index is 551. The molecule has 0 aliphatic carbocycles. The quantitative estimate of drug-likeness (QED) is 0.788. The van der Waals surface area contributed by atoms with Gasteiger partial charge in [0.25, 0.3) is 0 Å². The molecule has 1 radical (unpaired) electrons. The summed E-state index contributed by atoms with van der Waals surface area (Å²) >= 11 is 0. The first-order valence-corrected chi connectivity index (χ1v) is 5.01. The third-order valence-electron chi connectivity index (χ3n) is 2.41. The van der Waals surface area contributed by atoms with Crippen LogP contribution >= 0.6 is 0 Å². The Labute approximate surface area is 98.3 Å². The number of carbonyl (C=O) groups is 1. The second-order valence-electron chi connectivity index (χ2n) is 3.56. The lowest BCUT2D eigenvalue weighted by Crippen LogP contribution is -2.06. The van der Waals surface area contributed by atoms with Crippen molar-refractivity contribution in [2.75, 3.05) is 0 Å². The molecule has 0 aliphatic heterocycles. The lowest BCUT2D eigenvalue weighted by molar-refractivity contribution is -0.117. The standard InChI is InChI=1S/C12H9N4O/c1-9(17)12(8-13)10-2-4-11(5-3-10)16-7-6-14-15-16/h2-5,7,12H,1H3. The van der Waals surface area contributed by atoms with Gasteiger partial charge in [-0.05, 0) is 24.6 Å². The summed E-state index contributed by atoms with van der Waals surface area (Å²) in [7, 11) is 0. The van der Waals surface area contributed by atoms with Gasteiger partial charge in [-0.25, -0.2) is 4.68 Å². The van der Waals surface area contributed by atoms with Crippen molar-refractivity contribution in [2.24, 2.45) is 0 Å². The van der Waals surface area contributed by atoms with Crippen molar-refractivity contribution < 1.29 is 4.79 Å². The van der Waals surface area contributed by atoms with Gasteiger partial charge in [0.05, 0.1) is 18.0 Å². The summed E-state index contributed by atoms with van der Waals surface area (Å²) in [5.41, 5.74) is 1.50. The summed E-state index contributed by atoms with van der Waals surface area (Å²) in [4.78, 5) is 11.2. The minimum atomic E-state index is -0.702. The Morgan fingerprint density at radius 2 is 2.18 bits per heavy atom. The van der Waals surface area contributed by atoms with Crippen LogP contribution in [0.5, 0.6) is 0 Å². The molecular weight excluding hydrogens is 216 g/mol. The Hall–Kier alpha value is -2.48. The third-order valence-corrected chi connectivity index (χ3v) is 2.41. The van der Waals surface area contributed by atoms with Gasteiger partial charge in [-0.3, -0.25) is 4.79 Å². The molecule has 1 aromatic carbocycles. The average Bonchev–Trinajstić information content (AvgIpc) is 2.84. The lowest BCUT2D eigenvalue weighted by atomic mass is 9.97. The zero-order chi connectivity index (χ0) is 12.3. The highest BCUT2D eigenvalue weighted by Gasteiger charge is 2.15. The summed E-state index contributed by atoms with van der Waals surface area (Å²) in [5, 5.41) is 16.3. The van der Waals surface area contributed by atoms with E-state index in [4.69, 9.17) is 5.26 Å². The fourth-order valence-corrected chi connectivity index (χ4v) is 1.53. The van der Waals surface area contributed by atoms with E-state index in [0.717, 1.165) is 5.69 Å². The number of aromatic nitrogens is 3. The number of carbonyl (C=O) groups excluding carboxylic acids is 1. The Balaban J connectivity index is 2.31. The van der Waals surface area contributed by atoms with Crippen LogP contribution in [0.15, 0.2) is 30.5 Å². The van der Waals surface area contributed by atoms with Gasteiger partial charge in [-0.2, -0.15) is 5.26 Å². The van der Waals surface area contributed by atoms with Gasteiger partial charge >= 0.3 is 0 Å². The summed E-state index contributed by atoms with van der Waals surface area (Å²) < 4.78 is 1.55. The molecule has 0 fully saturated rings. The van der Waals surface area contributed by atoms with E-state index in [1.165, 1.54) is 6.92 Å². The summed E-state index contributed by atoms with van der Waals surface area (Å²) in [6, 6.07) is 9.03. The molecule has 1 aromatic heterocycles. The maximum atomic E-state index is 11.2. The first-order chi connectivity index (χ1) is 8.22. The Morgan fingerprint density at radius 3 is 2.65 bits per heavy atom. The van der Waals surface area contributed by atoms with E-state index in [0.29, 0.717) is 5.56 Å². The van der Waals surface area contributed by atoms with Gasteiger partial charge in [0, 0.05) is 0 Å². The molecule has 5 nitrogen and oxygen atoms in total. The van der Waals surface area contributed by atoms with E-state index in [1.807, 2.05) is 6.07 Å². The Morgan fingerprint density at radius 1 is 1.47 bits per heavy atom. The van der Waals surface area contributed by atoms with Gasteiger partial charge in [-0.1, -0.05) is 17.3 Å². The van der Waals surface area contributed by atoms with Crippen molar-refractivity contribution in [1.29, 1.82) is 5.26 Å². The summed E-state index contributed by atoms with van der Waals surface area (Å²) in [6.07, 6.45) is 4.19. The summed E-state index contributed by atoms with van der Waals surface area (Å²) in [5.74, 6) is -0.860. The largest absolute Gasteiger partial charge is 0.298 e. The molecular formula is C12H9N4O. The van der Waals surface area contributed by atoms with E-state index in [2.05, 4.69) is 16.5 Å². The molecule has 0 spiro atoms. The summed E-state index contributed by atoms with van der Waals surface area (Å²) in [6.45, 7) is 1.41. The molecule has 1 atom stereocenters. The fraction of sp³-hybridized carbons (Fsp3) is 0.167. The van der Waals surface area contributed by atoms with Crippen molar-refractivity contribution in [2.45, 2.75) is 12.8 Å². The number of Topliss-reactive ketones (excluding diaryl/α,β-unsaturated/α-hetero) is 1. The SMILES string of the molecule is CC(=O)C(C#N)c1ccc(-n2c[c]nn2)cc1. The molecule has 83 valence electrons. The van der Waals surface area contributed by atoms with Crippen LogP contribution in [0.4, 0.5) is 0 Å². The first kappa shape index (κ1) is 11.0. The molecule has 17 heavy (non-hydrogen) atoms. The van der Waals surface area contributed by atoms with Crippen LogP contribution in [0.1, 0.15) is 18.4 Å². The molecule has 2 rings (SSSR count). The highest BCUT2D eigenvalue weighted by atomic mass is 16.1. The molecule has 0 saturated heterocycles. The molecule has 0 saturated carbocycles. The van der Waals surface area contributed by atoms with Crippen molar-refractivity contribution in [3.63, 3.8) is 0 Å². The zero-order valence-corrected chi connectivity index (χ0v) is 9.16. The normalized spacial score (nSPS) is 11.8. The van der Waals surface area contributed by atoms with Gasteiger partial charge in [0.1, 0.15) is 12.1 Å². The molecule has 0 N–H and O–H groups in total. The number of ketones is 1. The molecule has 5 heteroatoms. The minimum Gasteiger partial charge on any atom is -0.298 e. The number of nitriles is 1. The van der Waals surface area contributed by atoms with Crippen LogP contribution in [0, 0.1) is 17.5 Å². The predicted molar refractivity (Wildman–Crippen MR) is 59.2 cm³/mol. The van der Waals surface area contributed by atoms with Crippen LogP contribution in [0.2, 0.25) is 0 Å². The van der Waals surface area contributed by atoms with E-state index in [-0.39, 0.29) is 5.78 Å². The second-order valence-corrected chi connectivity index (χ2v) is 3.56. The van der Waals surface area contributed by atoms with Crippen LogP contribution in [-0.2, 0) is 4.79 Å². The topological polar surface area (TPSA) is 71.6 Å². The van der Waals surface area contributed by atoms with E-state index in [1.54, 1.807) is 35.1 Å². The predicted octanol–water partition coefficient (Wildman–Crippen LogP) is 1.26. The number of rotatable bonds is 3. The molecule has 0 amide bonds. The number of hydrogen-bond donors (Lipinski definition) is 0. The third kappa shape index (κ3) is 2.21. The van der Waals surface area contributed by atoms with E-state index < -0.39 is 5.92 Å². The maximum absolute atomic E-state index is 11.2. The van der Waals surface area contributed by atoms with Crippen LogP contribution in [0.25, 0.3) is 5.69 Å². The van der Waals surface area contributed by atoms with Crippen LogP contribution < -0.4 is 0 Å². The van der Waals surface area contributed by atoms with Crippen molar-refractivity contribution >= 4 is 5.78 Å². The maximum Gasteiger partial charge on any atom is 0.151 e. The van der Waals surface area contributed by atoms with Crippen molar-refractivity contribution in [3.05, 3.63) is 42.2 Å². The smallest absolute Gasteiger partial charge is 0.151 e. The monoisotopic (exact) mass is 225 g/mol. The van der Waals surface area contributed by atoms with E-state index >= 15 is 0 Å². The number of hydrogen-bond acceptors (Lipinski definition) is 4. The van der Waals surface area contributed by atoms with E-state index in [9.17, 15) is 4.79 Å². The first-order valence-electron chi connectivity index (χ1n) is 5.01. The van der Waals surface area contributed by atoms with Crippen LogP contribution in [0.3, 0.4) is 0 Å². The van der Waals surface area contributed by atoms with Crippen LogP contribution in [-0.4, -0.2) is 20.8 Å². The number of benzene rings is 1. The highest BCUT2D eigenvalue weighted by molar-refractivity contribution is 5.86. The van der Waals surface area contributed by atoms with Crippen molar-refractivity contribution in [3.8, 4) is 11.8 Å². The van der Waals surface area contributed by atoms with Crippen molar-refractivity contribution in [1.82, 2.24) is 15.0 Å². The van der Waals surface area contributed by atoms with Gasteiger partial charge in [0.15, 0.2) is 5.78 Å². The second kappa shape index (κ2) is 4.58. The molecule has 1 unspecified atom stereocenters. The van der Waals surface area contributed by atoms with Gasteiger partial charge in [-0.15, -0.1) is 5.10 Å². The molecule has 0 bridgehead atoms. The molecule has 1 heterocycles.